The highest BCUT2D eigenvalue weighted by Crippen LogP contribution is 2.11. The molecule has 1 aliphatic heterocycles. The van der Waals surface area contributed by atoms with Crippen LogP contribution in [0.1, 0.15) is 39.0 Å². The number of Topliss-reactive ketones (excluding diaryl/α,β-unsaturated/α-hetero) is 1. The molecule has 0 radical (unpaired) electrons. The molecule has 1 heterocycles. The molecule has 0 aliphatic carbocycles. The minimum absolute atomic E-state index is 0.246. The molecule has 1 atom stereocenters. The van der Waals surface area contributed by atoms with E-state index in [1.165, 1.54) is 0 Å². The minimum Gasteiger partial charge on any atom is -0.347 e. The number of carbonyl (C=O) groups excluding carboxylic acids is 2. The molecular weight excluding hydrogens is 154 g/mol. The number of carbonyl (C=O) groups is 2. The maximum absolute atomic E-state index is 10.9. The lowest BCUT2D eigenvalue weighted by Gasteiger charge is -2.21. The van der Waals surface area contributed by atoms with Crippen molar-refractivity contribution in [3.8, 4) is 0 Å². The van der Waals surface area contributed by atoms with Crippen molar-refractivity contribution in [1.29, 1.82) is 0 Å². The topological polar surface area (TPSA) is 46.2 Å². The SMILES string of the molecule is CCCCC1CCC(=O)C(=O)N1. The van der Waals surface area contributed by atoms with E-state index >= 15 is 0 Å². The van der Waals surface area contributed by atoms with Crippen molar-refractivity contribution < 1.29 is 9.59 Å². The Balaban J connectivity index is 2.30. The molecule has 1 unspecified atom stereocenters. The molecule has 0 bridgehead atoms. The number of hydrogen-bond acceptors (Lipinski definition) is 2. The average molecular weight is 169 g/mol. The number of nitrogens with one attached hydrogen (secondary N) is 1. The molecule has 0 aromatic rings. The van der Waals surface area contributed by atoms with Gasteiger partial charge in [-0.05, 0) is 12.8 Å². The maximum atomic E-state index is 10.9. The molecule has 1 aliphatic rings. The summed E-state index contributed by atoms with van der Waals surface area (Å²) in [5.41, 5.74) is 0. The Kier molecular flexibility index (Phi) is 3.26. The maximum Gasteiger partial charge on any atom is 0.287 e. The lowest BCUT2D eigenvalue weighted by molar-refractivity contribution is -0.140. The molecule has 1 fully saturated rings. The Bertz CT molecular complexity index is 189. The Morgan fingerprint density at radius 3 is 2.83 bits per heavy atom. The van der Waals surface area contributed by atoms with Gasteiger partial charge < -0.3 is 5.32 Å². The first-order valence-electron chi connectivity index (χ1n) is 4.57. The summed E-state index contributed by atoms with van der Waals surface area (Å²) in [4.78, 5) is 21.7. The van der Waals surface area contributed by atoms with Gasteiger partial charge in [-0.15, -0.1) is 0 Å². The molecule has 0 aromatic carbocycles. The number of rotatable bonds is 3. The summed E-state index contributed by atoms with van der Waals surface area (Å²) in [6.07, 6.45) is 4.53. The molecule has 3 nitrogen and oxygen atoms in total. The van der Waals surface area contributed by atoms with E-state index in [0.717, 1.165) is 25.7 Å². The van der Waals surface area contributed by atoms with Gasteiger partial charge in [0.2, 0.25) is 5.78 Å². The summed E-state index contributed by atoms with van der Waals surface area (Å²) in [5, 5.41) is 2.71. The van der Waals surface area contributed by atoms with Crippen molar-refractivity contribution in [1.82, 2.24) is 5.32 Å². The molecule has 0 saturated carbocycles. The molecule has 1 N–H and O–H groups in total. The molecule has 1 rings (SSSR count). The van der Waals surface area contributed by atoms with Crippen molar-refractivity contribution in [3.05, 3.63) is 0 Å². The van der Waals surface area contributed by atoms with Crippen LogP contribution in [-0.2, 0) is 9.59 Å². The van der Waals surface area contributed by atoms with Crippen molar-refractivity contribution in [3.63, 3.8) is 0 Å². The van der Waals surface area contributed by atoms with E-state index in [4.69, 9.17) is 0 Å². The molecule has 0 spiro atoms. The normalized spacial score (nSPS) is 23.9. The zero-order valence-electron chi connectivity index (χ0n) is 7.43. The highest BCUT2D eigenvalue weighted by Gasteiger charge is 2.24. The highest BCUT2D eigenvalue weighted by molar-refractivity contribution is 6.36. The van der Waals surface area contributed by atoms with E-state index in [1.54, 1.807) is 0 Å². The van der Waals surface area contributed by atoms with E-state index in [1.807, 2.05) is 0 Å². The molecule has 1 amide bonds. The van der Waals surface area contributed by atoms with Crippen LogP contribution < -0.4 is 5.32 Å². The van der Waals surface area contributed by atoms with Gasteiger partial charge in [-0.1, -0.05) is 19.8 Å². The third-order valence-corrected chi connectivity index (χ3v) is 2.21. The number of amides is 1. The Labute approximate surface area is 72.5 Å². The molecule has 12 heavy (non-hydrogen) atoms. The van der Waals surface area contributed by atoms with Gasteiger partial charge >= 0.3 is 0 Å². The first-order chi connectivity index (χ1) is 5.74. The van der Waals surface area contributed by atoms with Crippen LogP contribution in [0.2, 0.25) is 0 Å². The van der Waals surface area contributed by atoms with Crippen LogP contribution in [0.3, 0.4) is 0 Å². The predicted molar refractivity (Wildman–Crippen MR) is 45.7 cm³/mol. The van der Waals surface area contributed by atoms with Gasteiger partial charge in [0.15, 0.2) is 0 Å². The first kappa shape index (κ1) is 9.23. The Morgan fingerprint density at radius 2 is 2.25 bits per heavy atom. The molecule has 3 heteroatoms. The van der Waals surface area contributed by atoms with E-state index in [0.29, 0.717) is 6.42 Å². The zero-order valence-corrected chi connectivity index (χ0v) is 7.43. The smallest absolute Gasteiger partial charge is 0.287 e. The monoisotopic (exact) mass is 169 g/mol. The van der Waals surface area contributed by atoms with E-state index in [2.05, 4.69) is 12.2 Å². The fourth-order valence-electron chi connectivity index (χ4n) is 1.42. The zero-order chi connectivity index (χ0) is 8.97. The van der Waals surface area contributed by atoms with Gasteiger partial charge in [0.05, 0.1) is 0 Å². The summed E-state index contributed by atoms with van der Waals surface area (Å²) in [7, 11) is 0. The van der Waals surface area contributed by atoms with Crippen LogP contribution in [-0.4, -0.2) is 17.7 Å². The van der Waals surface area contributed by atoms with Gasteiger partial charge in [0.25, 0.3) is 5.91 Å². The van der Waals surface area contributed by atoms with Gasteiger partial charge in [-0.2, -0.15) is 0 Å². The second-order valence-corrected chi connectivity index (χ2v) is 3.27. The van der Waals surface area contributed by atoms with Crippen molar-refractivity contribution in [2.45, 2.75) is 45.1 Å². The second kappa shape index (κ2) is 4.24. The molecule has 1 saturated heterocycles. The van der Waals surface area contributed by atoms with Crippen LogP contribution >= 0.6 is 0 Å². The van der Waals surface area contributed by atoms with Gasteiger partial charge in [0.1, 0.15) is 0 Å². The average Bonchev–Trinajstić information content (AvgIpc) is 2.07. The first-order valence-corrected chi connectivity index (χ1v) is 4.57. The lowest BCUT2D eigenvalue weighted by Crippen LogP contribution is -2.44. The van der Waals surface area contributed by atoms with Crippen molar-refractivity contribution in [2.75, 3.05) is 0 Å². The van der Waals surface area contributed by atoms with E-state index in [9.17, 15) is 9.59 Å². The largest absolute Gasteiger partial charge is 0.347 e. The van der Waals surface area contributed by atoms with Crippen molar-refractivity contribution >= 4 is 11.7 Å². The second-order valence-electron chi connectivity index (χ2n) is 3.27. The van der Waals surface area contributed by atoms with Gasteiger partial charge in [-0.25, -0.2) is 0 Å². The van der Waals surface area contributed by atoms with Crippen LogP contribution in [0.15, 0.2) is 0 Å². The number of ketones is 1. The van der Waals surface area contributed by atoms with E-state index < -0.39 is 0 Å². The Morgan fingerprint density at radius 1 is 1.50 bits per heavy atom. The summed E-state index contributed by atoms with van der Waals surface area (Å²) in [6, 6.07) is 0.246. The molecule has 68 valence electrons. The van der Waals surface area contributed by atoms with Crippen LogP contribution in [0.25, 0.3) is 0 Å². The Hall–Kier alpha value is -0.860. The fraction of sp³-hybridized carbons (Fsp3) is 0.778. The third-order valence-electron chi connectivity index (χ3n) is 2.21. The number of hydrogen-bond donors (Lipinski definition) is 1. The third kappa shape index (κ3) is 2.32. The number of unbranched alkanes of at least 4 members (excludes halogenated alkanes) is 1. The predicted octanol–water partition coefficient (Wildman–Crippen LogP) is 1.02. The van der Waals surface area contributed by atoms with Crippen LogP contribution in [0.5, 0.6) is 0 Å². The van der Waals surface area contributed by atoms with Crippen molar-refractivity contribution in [2.24, 2.45) is 0 Å². The summed E-state index contributed by atoms with van der Waals surface area (Å²) < 4.78 is 0. The van der Waals surface area contributed by atoms with Crippen LogP contribution in [0.4, 0.5) is 0 Å². The summed E-state index contributed by atoms with van der Waals surface area (Å²) in [5.74, 6) is -0.648. The highest BCUT2D eigenvalue weighted by atomic mass is 16.2. The van der Waals surface area contributed by atoms with Gasteiger partial charge in [-0.3, -0.25) is 9.59 Å². The van der Waals surface area contributed by atoms with E-state index in [-0.39, 0.29) is 17.7 Å². The lowest BCUT2D eigenvalue weighted by atomic mass is 9.99. The minimum atomic E-state index is -0.387. The molecule has 0 aromatic heterocycles. The summed E-state index contributed by atoms with van der Waals surface area (Å²) >= 11 is 0. The van der Waals surface area contributed by atoms with Crippen LogP contribution in [0, 0.1) is 0 Å². The summed E-state index contributed by atoms with van der Waals surface area (Å²) in [6.45, 7) is 2.12. The quantitative estimate of drug-likeness (QED) is 0.641. The fourth-order valence-corrected chi connectivity index (χ4v) is 1.42. The number of piperidine rings is 1. The standard InChI is InChI=1S/C9H15NO2/c1-2-3-4-7-5-6-8(11)9(12)10-7/h7H,2-6H2,1H3,(H,10,12). The molecular formula is C9H15NO2. The van der Waals surface area contributed by atoms with Gasteiger partial charge in [0, 0.05) is 12.5 Å².